The summed E-state index contributed by atoms with van der Waals surface area (Å²) in [4.78, 5) is 8.14. The highest BCUT2D eigenvalue weighted by Gasteiger charge is 2.35. The predicted molar refractivity (Wildman–Crippen MR) is 97.5 cm³/mol. The molecule has 0 spiro atoms. The zero-order valence-corrected chi connectivity index (χ0v) is 14.8. The van der Waals surface area contributed by atoms with Crippen LogP contribution in [-0.2, 0) is 6.18 Å². The van der Waals surface area contributed by atoms with Crippen molar-refractivity contribution in [3.63, 3.8) is 0 Å². The summed E-state index contributed by atoms with van der Waals surface area (Å²) in [6, 6.07) is 11.1. The van der Waals surface area contributed by atoms with Crippen molar-refractivity contribution in [2.24, 2.45) is 0 Å². The molecular formula is C18H14F4N4S. The number of aromatic nitrogens is 2. The zero-order chi connectivity index (χ0) is 19.6. The van der Waals surface area contributed by atoms with Crippen molar-refractivity contribution in [2.75, 3.05) is 10.5 Å². The van der Waals surface area contributed by atoms with Crippen LogP contribution in [0.1, 0.15) is 11.1 Å². The first kappa shape index (κ1) is 19.0. The average molecular weight is 394 g/mol. The molecule has 2 aromatic heterocycles. The maximum absolute atomic E-state index is 13.9. The predicted octanol–water partition coefficient (Wildman–Crippen LogP) is 5.31. The molecule has 0 saturated heterocycles. The van der Waals surface area contributed by atoms with E-state index in [1.54, 1.807) is 18.2 Å². The number of pyridine rings is 2. The van der Waals surface area contributed by atoms with Gasteiger partial charge in [-0.15, -0.1) is 0 Å². The van der Waals surface area contributed by atoms with Crippen molar-refractivity contribution in [1.29, 1.82) is 0 Å². The Labute approximate surface area is 157 Å². The van der Waals surface area contributed by atoms with Gasteiger partial charge in [-0.3, -0.25) is 0 Å². The van der Waals surface area contributed by atoms with E-state index in [9.17, 15) is 17.6 Å². The molecule has 0 aliphatic rings. The van der Waals surface area contributed by atoms with Crippen LogP contribution < -0.4 is 10.5 Å². The van der Waals surface area contributed by atoms with E-state index in [0.29, 0.717) is 10.8 Å². The molecule has 0 fully saturated rings. The van der Waals surface area contributed by atoms with E-state index in [4.69, 9.17) is 5.73 Å². The third kappa shape index (κ3) is 4.30. The number of hydrogen-bond acceptors (Lipinski definition) is 5. The standard InChI is InChI=1S/C18H14F4N4S/c1-10-11(4-2-5-13(10)19)17-12(18(20,21)22)8-9-15(25-17)26-27-16-7-3-6-14(23)24-16/h2-9H,1H3,(H2,23,24)(H,25,26). The average Bonchev–Trinajstić information content (AvgIpc) is 2.61. The number of anilines is 2. The Morgan fingerprint density at radius 3 is 2.44 bits per heavy atom. The number of nitrogens with one attached hydrogen (secondary N) is 1. The van der Waals surface area contributed by atoms with Crippen molar-refractivity contribution in [3.8, 4) is 11.3 Å². The minimum absolute atomic E-state index is 0.0815. The third-order valence-corrected chi connectivity index (χ3v) is 4.48. The van der Waals surface area contributed by atoms with Crippen molar-refractivity contribution >= 4 is 23.6 Å². The zero-order valence-electron chi connectivity index (χ0n) is 14.0. The Morgan fingerprint density at radius 1 is 1.00 bits per heavy atom. The van der Waals surface area contributed by atoms with Crippen molar-refractivity contribution in [1.82, 2.24) is 9.97 Å². The van der Waals surface area contributed by atoms with Crippen LogP contribution in [0.4, 0.5) is 29.2 Å². The highest BCUT2D eigenvalue weighted by atomic mass is 32.2. The number of benzene rings is 1. The topological polar surface area (TPSA) is 63.8 Å². The summed E-state index contributed by atoms with van der Waals surface area (Å²) < 4.78 is 56.9. The summed E-state index contributed by atoms with van der Waals surface area (Å²) in [6.07, 6.45) is -4.62. The Balaban J connectivity index is 1.99. The van der Waals surface area contributed by atoms with Gasteiger partial charge in [0, 0.05) is 17.5 Å². The van der Waals surface area contributed by atoms with Crippen molar-refractivity contribution < 1.29 is 17.6 Å². The Morgan fingerprint density at radius 2 is 1.74 bits per heavy atom. The number of alkyl halides is 3. The van der Waals surface area contributed by atoms with Crippen LogP contribution in [0.15, 0.2) is 53.6 Å². The van der Waals surface area contributed by atoms with Crippen LogP contribution in [-0.4, -0.2) is 9.97 Å². The molecule has 0 radical (unpaired) electrons. The monoisotopic (exact) mass is 394 g/mol. The van der Waals surface area contributed by atoms with Crippen LogP contribution in [0.25, 0.3) is 11.3 Å². The van der Waals surface area contributed by atoms with Gasteiger partial charge in [-0.25, -0.2) is 14.4 Å². The van der Waals surface area contributed by atoms with Crippen molar-refractivity contribution in [2.45, 2.75) is 18.1 Å². The maximum atomic E-state index is 13.9. The minimum Gasteiger partial charge on any atom is -0.384 e. The van der Waals surface area contributed by atoms with Gasteiger partial charge in [-0.05, 0) is 42.8 Å². The second kappa shape index (κ2) is 7.43. The van der Waals surface area contributed by atoms with Gasteiger partial charge in [0.1, 0.15) is 22.5 Å². The molecule has 0 aliphatic carbocycles. The lowest BCUT2D eigenvalue weighted by molar-refractivity contribution is -0.137. The molecule has 0 atom stereocenters. The lowest BCUT2D eigenvalue weighted by Crippen LogP contribution is -2.10. The molecule has 1 aromatic carbocycles. The Hall–Kier alpha value is -2.81. The van der Waals surface area contributed by atoms with E-state index in [0.717, 1.165) is 18.0 Å². The Kier molecular flexibility index (Phi) is 5.22. The molecule has 0 unspecified atom stereocenters. The van der Waals surface area contributed by atoms with Gasteiger partial charge in [0.15, 0.2) is 0 Å². The number of rotatable bonds is 4. The van der Waals surface area contributed by atoms with Gasteiger partial charge >= 0.3 is 6.18 Å². The lowest BCUT2D eigenvalue weighted by atomic mass is 10.0. The summed E-state index contributed by atoms with van der Waals surface area (Å²) in [6.45, 7) is 1.41. The maximum Gasteiger partial charge on any atom is 0.418 e. The summed E-state index contributed by atoms with van der Waals surface area (Å²) in [5, 5.41) is 0.528. The smallest absolute Gasteiger partial charge is 0.384 e. The van der Waals surface area contributed by atoms with Crippen LogP contribution in [0.3, 0.4) is 0 Å². The molecule has 0 bridgehead atoms. The van der Waals surface area contributed by atoms with E-state index in [1.165, 1.54) is 31.2 Å². The number of nitrogens with two attached hydrogens (primary N) is 1. The summed E-state index contributed by atoms with van der Waals surface area (Å²) >= 11 is 1.05. The molecule has 3 N–H and O–H groups in total. The second-order valence-corrected chi connectivity index (χ2v) is 6.43. The fourth-order valence-electron chi connectivity index (χ4n) is 2.41. The van der Waals surface area contributed by atoms with E-state index in [-0.39, 0.29) is 22.6 Å². The fraction of sp³-hybridized carbons (Fsp3) is 0.111. The van der Waals surface area contributed by atoms with Crippen LogP contribution >= 0.6 is 11.9 Å². The molecule has 3 aromatic rings. The van der Waals surface area contributed by atoms with E-state index >= 15 is 0 Å². The minimum atomic E-state index is -4.62. The van der Waals surface area contributed by atoms with Gasteiger partial charge in [-0.1, -0.05) is 18.2 Å². The van der Waals surface area contributed by atoms with Gasteiger partial charge < -0.3 is 10.5 Å². The summed E-state index contributed by atoms with van der Waals surface area (Å²) in [5.41, 5.74) is 4.50. The van der Waals surface area contributed by atoms with Crippen LogP contribution in [0, 0.1) is 12.7 Å². The van der Waals surface area contributed by atoms with Gasteiger partial charge in [0.2, 0.25) is 0 Å². The first-order valence-corrected chi connectivity index (χ1v) is 8.56. The molecule has 0 aliphatic heterocycles. The Bertz CT molecular complexity index is 976. The van der Waals surface area contributed by atoms with Crippen LogP contribution in [0.5, 0.6) is 0 Å². The van der Waals surface area contributed by atoms with Crippen LogP contribution in [0.2, 0.25) is 0 Å². The molecule has 2 heterocycles. The highest BCUT2D eigenvalue weighted by molar-refractivity contribution is 8.00. The molecule has 0 saturated carbocycles. The molecule has 0 amide bonds. The van der Waals surface area contributed by atoms with Gasteiger partial charge in [0.25, 0.3) is 0 Å². The molecular weight excluding hydrogens is 380 g/mol. The number of halogens is 4. The first-order valence-electron chi connectivity index (χ1n) is 7.75. The first-order chi connectivity index (χ1) is 12.8. The van der Waals surface area contributed by atoms with E-state index in [1.807, 2.05) is 0 Å². The molecule has 4 nitrogen and oxygen atoms in total. The number of nitrogen functional groups attached to an aromatic ring is 1. The summed E-state index contributed by atoms with van der Waals surface area (Å²) in [5.74, 6) is -0.103. The van der Waals surface area contributed by atoms with Gasteiger partial charge in [-0.2, -0.15) is 13.2 Å². The number of nitrogens with zero attached hydrogens (tertiary/aromatic N) is 2. The summed E-state index contributed by atoms with van der Waals surface area (Å²) in [7, 11) is 0. The van der Waals surface area contributed by atoms with Crippen molar-refractivity contribution in [3.05, 3.63) is 65.5 Å². The van der Waals surface area contributed by atoms with E-state index in [2.05, 4.69) is 14.7 Å². The molecule has 27 heavy (non-hydrogen) atoms. The molecule has 9 heteroatoms. The molecule has 3 rings (SSSR count). The lowest BCUT2D eigenvalue weighted by Gasteiger charge is -2.15. The normalized spacial score (nSPS) is 11.4. The fourth-order valence-corrected chi connectivity index (χ4v) is 3.03. The number of hydrogen-bond donors (Lipinski definition) is 2. The highest BCUT2D eigenvalue weighted by Crippen LogP contribution is 2.38. The quantitative estimate of drug-likeness (QED) is 0.464. The second-order valence-electron chi connectivity index (χ2n) is 5.61. The molecule has 140 valence electrons. The van der Waals surface area contributed by atoms with Gasteiger partial charge in [0.05, 0.1) is 11.3 Å². The SMILES string of the molecule is Cc1c(F)cccc1-c1nc(NSc2cccc(N)n2)ccc1C(F)(F)F. The van der Waals surface area contributed by atoms with E-state index < -0.39 is 17.6 Å². The third-order valence-electron chi connectivity index (χ3n) is 3.73. The largest absolute Gasteiger partial charge is 0.418 e.